The zero-order valence-corrected chi connectivity index (χ0v) is 11.9. The highest BCUT2D eigenvalue weighted by molar-refractivity contribution is 6.18. The van der Waals surface area contributed by atoms with E-state index < -0.39 is 0 Å². The first-order valence-corrected chi connectivity index (χ1v) is 7.69. The Morgan fingerprint density at radius 2 is 2.16 bits per heavy atom. The van der Waals surface area contributed by atoms with Gasteiger partial charge in [-0.2, -0.15) is 0 Å². The molecular formula is C16H20ClNO. The highest BCUT2D eigenvalue weighted by Gasteiger charge is 2.42. The van der Waals surface area contributed by atoms with E-state index in [1.165, 1.54) is 11.1 Å². The summed E-state index contributed by atoms with van der Waals surface area (Å²) in [5.41, 5.74) is 2.76. The third-order valence-electron chi connectivity index (χ3n) is 4.56. The first-order chi connectivity index (χ1) is 9.24. The van der Waals surface area contributed by atoms with Gasteiger partial charge in [0, 0.05) is 17.8 Å². The number of hydrogen-bond acceptors (Lipinski definition) is 1. The lowest BCUT2D eigenvalue weighted by molar-refractivity contribution is -0.123. The lowest BCUT2D eigenvalue weighted by Crippen LogP contribution is -2.35. The second kappa shape index (κ2) is 5.16. The van der Waals surface area contributed by atoms with Crippen molar-refractivity contribution in [2.45, 2.75) is 38.0 Å². The highest BCUT2D eigenvalue weighted by atomic mass is 35.5. The van der Waals surface area contributed by atoms with E-state index in [9.17, 15) is 4.79 Å². The molecular weight excluding hydrogens is 258 g/mol. The van der Waals surface area contributed by atoms with Gasteiger partial charge >= 0.3 is 0 Å². The third-order valence-corrected chi connectivity index (χ3v) is 5.13. The minimum absolute atomic E-state index is 0.0380. The number of fused-ring (bicyclic) bond motifs is 1. The van der Waals surface area contributed by atoms with Crippen molar-refractivity contribution in [3.8, 4) is 0 Å². The van der Waals surface area contributed by atoms with Crippen molar-refractivity contribution >= 4 is 17.5 Å². The van der Waals surface area contributed by atoms with E-state index in [0.717, 1.165) is 38.6 Å². The van der Waals surface area contributed by atoms with Crippen LogP contribution in [-0.2, 0) is 11.2 Å². The molecule has 1 fully saturated rings. The van der Waals surface area contributed by atoms with E-state index in [1.54, 1.807) is 0 Å². The number of alkyl halides is 1. The van der Waals surface area contributed by atoms with Gasteiger partial charge in [0.1, 0.15) is 0 Å². The van der Waals surface area contributed by atoms with E-state index in [4.69, 9.17) is 11.6 Å². The van der Waals surface area contributed by atoms with Gasteiger partial charge in [-0.1, -0.05) is 24.3 Å². The second-order valence-corrected chi connectivity index (χ2v) is 6.26. The number of rotatable bonds is 4. The average molecular weight is 278 g/mol. The molecule has 0 aliphatic heterocycles. The number of amides is 1. The van der Waals surface area contributed by atoms with E-state index in [0.29, 0.717) is 5.88 Å². The highest BCUT2D eigenvalue weighted by Crippen LogP contribution is 2.46. The summed E-state index contributed by atoms with van der Waals surface area (Å²) in [6, 6.07) is 8.35. The average Bonchev–Trinajstić information content (AvgIpc) is 3.25. The van der Waals surface area contributed by atoms with Crippen LogP contribution in [0.25, 0.3) is 0 Å². The molecule has 0 saturated heterocycles. The molecule has 0 aromatic heterocycles. The Labute approximate surface area is 119 Å². The molecule has 1 unspecified atom stereocenters. The summed E-state index contributed by atoms with van der Waals surface area (Å²) in [6.07, 6.45) is 5.48. The van der Waals surface area contributed by atoms with Crippen molar-refractivity contribution in [3.63, 3.8) is 0 Å². The second-order valence-electron chi connectivity index (χ2n) is 6.00. The number of benzene rings is 1. The Bertz CT molecular complexity index is 481. The van der Waals surface area contributed by atoms with Gasteiger partial charge in [-0.3, -0.25) is 4.79 Å². The van der Waals surface area contributed by atoms with Gasteiger partial charge in [0.2, 0.25) is 5.91 Å². The molecule has 0 radical (unpaired) electrons. The number of carbonyl (C=O) groups is 1. The molecule has 102 valence electrons. The number of hydrogen-bond donors (Lipinski definition) is 1. The van der Waals surface area contributed by atoms with Gasteiger partial charge < -0.3 is 5.32 Å². The fourth-order valence-corrected chi connectivity index (χ4v) is 3.32. The van der Waals surface area contributed by atoms with Crippen LogP contribution in [0.2, 0.25) is 0 Å². The normalized spacial score (nSPS) is 23.5. The molecule has 0 heterocycles. The molecule has 2 aliphatic carbocycles. The topological polar surface area (TPSA) is 29.1 Å². The number of aryl methyl sites for hydroxylation is 1. The maximum absolute atomic E-state index is 12.4. The van der Waals surface area contributed by atoms with Gasteiger partial charge in [-0.15, -0.1) is 11.6 Å². The number of halogens is 1. The summed E-state index contributed by atoms with van der Waals surface area (Å²) in [5, 5.41) is 3.12. The third kappa shape index (κ3) is 2.64. The van der Waals surface area contributed by atoms with E-state index in [1.807, 2.05) is 6.07 Å². The maximum atomic E-state index is 12.4. The maximum Gasteiger partial charge on any atom is 0.227 e. The summed E-state index contributed by atoms with van der Waals surface area (Å²) in [5.74, 6) is 0.883. The van der Waals surface area contributed by atoms with Crippen LogP contribution in [0, 0.1) is 5.41 Å². The lowest BCUT2D eigenvalue weighted by atomic mass is 9.82. The van der Waals surface area contributed by atoms with Crippen LogP contribution in [-0.4, -0.2) is 18.3 Å². The fourth-order valence-electron chi connectivity index (χ4n) is 2.96. The molecule has 1 aromatic carbocycles. The minimum Gasteiger partial charge on any atom is -0.355 e. The zero-order chi connectivity index (χ0) is 13.3. The van der Waals surface area contributed by atoms with Crippen molar-refractivity contribution < 1.29 is 4.79 Å². The first-order valence-electron chi connectivity index (χ1n) is 7.16. The standard InChI is InChI=1S/C16H20ClNO/c17-10-16(8-9-16)11-18-15(19)14-7-3-5-12-4-1-2-6-13(12)14/h1-2,4,6,14H,3,5,7-11H2,(H,18,19). The van der Waals surface area contributed by atoms with Crippen molar-refractivity contribution in [3.05, 3.63) is 35.4 Å². The van der Waals surface area contributed by atoms with Crippen LogP contribution >= 0.6 is 11.6 Å². The van der Waals surface area contributed by atoms with Crippen molar-refractivity contribution in [2.75, 3.05) is 12.4 Å². The Hall–Kier alpha value is -1.02. The van der Waals surface area contributed by atoms with Crippen LogP contribution < -0.4 is 5.32 Å². The van der Waals surface area contributed by atoms with Crippen LogP contribution in [0.1, 0.15) is 42.7 Å². The Kier molecular flexibility index (Phi) is 3.53. The molecule has 3 heteroatoms. The molecule has 1 aromatic rings. The summed E-state index contributed by atoms with van der Waals surface area (Å²) >= 11 is 5.95. The summed E-state index contributed by atoms with van der Waals surface area (Å²) in [6.45, 7) is 0.744. The molecule has 0 spiro atoms. The molecule has 2 aliphatic rings. The molecule has 1 saturated carbocycles. The largest absolute Gasteiger partial charge is 0.355 e. The molecule has 0 bridgehead atoms. The summed E-state index contributed by atoms with van der Waals surface area (Å²) < 4.78 is 0. The first kappa shape index (κ1) is 13.0. The quantitative estimate of drug-likeness (QED) is 0.841. The summed E-state index contributed by atoms with van der Waals surface area (Å²) in [4.78, 5) is 12.4. The molecule has 19 heavy (non-hydrogen) atoms. The van der Waals surface area contributed by atoms with Crippen molar-refractivity contribution in [2.24, 2.45) is 5.41 Å². The van der Waals surface area contributed by atoms with Crippen LogP contribution in [0.4, 0.5) is 0 Å². The van der Waals surface area contributed by atoms with E-state index >= 15 is 0 Å². The molecule has 2 nitrogen and oxygen atoms in total. The fraction of sp³-hybridized carbons (Fsp3) is 0.562. The SMILES string of the molecule is O=C(NCC1(CCl)CC1)C1CCCc2ccccc21. The van der Waals surface area contributed by atoms with E-state index in [-0.39, 0.29) is 17.2 Å². The van der Waals surface area contributed by atoms with Gasteiger partial charge in [0.15, 0.2) is 0 Å². The number of carbonyl (C=O) groups excluding carboxylic acids is 1. The summed E-state index contributed by atoms with van der Waals surface area (Å²) in [7, 11) is 0. The van der Waals surface area contributed by atoms with Gasteiger partial charge in [0.25, 0.3) is 0 Å². The van der Waals surface area contributed by atoms with Gasteiger partial charge in [0.05, 0.1) is 5.92 Å². The smallest absolute Gasteiger partial charge is 0.227 e. The van der Waals surface area contributed by atoms with Crippen molar-refractivity contribution in [1.29, 1.82) is 0 Å². The van der Waals surface area contributed by atoms with Gasteiger partial charge in [-0.25, -0.2) is 0 Å². The zero-order valence-electron chi connectivity index (χ0n) is 11.1. The molecule has 1 amide bonds. The minimum atomic E-state index is 0.0380. The van der Waals surface area contributed by atoms with Crippen molar-refractivity contribution in [1.82, 2.24) is 5.32 Å². The van der Waals surface area contributed by atoms with Crippen LogP contribution in [0.5, 0.6) is 0 Å². The molecule has 1 N–H and O–H groups in total. The van der Waals surface area contributed by atoms with Gasteiger partial charge in [-0.05, 0) is 43.2 Å². The number of nitrogens with one attached hydrogen (secondary N) is 1. The molecule has 3 rings (SSSR count). The van der Waals surface area contributed by atoms with Crippen LogP contribution in [0.15, 0.2) is 24.3 Å². The predicted octanol–water partition coefficient (Wildman–Crippen LogP) is 3.24. The Morgan fingerprint density at radius 3 is 2.89 bits per heavy atom. The lowest BCUT2D eigenvalue weighted by Gasteiger charge is -2.25. The Balaban J connectivity index is 1.67. The van der Waals surface area contributed by atoms with Crippen LogP contribution in [0.3, 0.4) is 0 Å². The molecule has 1 atom stereocenters. The Morgan fingerprint density at radius 1 is 1.37 bits per heavy atom. The van der Waals surface area contributed by atoms with E-state index in [2.05, 4.69) is 23.5 Å². The predicted molar refractivity (Wildman–Crippen MR) is 77.5 cm³/mol. The monoisotopic (exact) mass is 277 g/mol.